The van der Waals surface area contributed by atoms with Crippen molar-refractivity contribution in [2.45, 2.75) is 32.7 Å². The minimum Gasteiger partial charge on any atom is -0.339 e. The lowest BCUT2D eigenvalue weighted by atomic mass is 9.93. The van der Waals surface area contributed by atoms with Gasteiger partial charge in [0.15, 0.2) is 0 Å². The quantitative estimate of drug-likeness (QED) is 0.866. The largest absolute Gasteiger partial charge is 0.339 e. The third-order valence-corrected chi connectivity index (χ3v) is 4.56. The van der Waals surface area contributed by atoms with Gasteiger partial charge in [-0.15, -0.1) is 0 Å². The molecule has 0 N–H and O–H groups in total. The fourth-order valence-electron chi connectivity index (χ4n) is 3.10. The molecule has 0 unspecified atom stereocenters. The Hall–Kier alpha value is -2.11. The first-order chi connectivity index (χ1) is 10.6. The fourth-order valence-corrected chi connectivity index (χ4v) is 3.10. The Morgan fingerprint density at radius 1 is 1.36 bits per heavy atom. The predicted molar refractivity (Wildman–Crippen MR) is 83.4 cm³/mol. The summed E-state index contributed by atoms with van der Waals surface area (Å²) in [5.74, 6) is 1.88. The predicted octanol–water partition coefficient (Wildman–Crippen LogP) is 1.87. The average Bonchev–Trinajstić information content (AvgIpc) is 3.13. The van der Waals surface area contributed by atoms with E-state index >= 15 is 0 Å². The van der Waals surface area contributed by atoms with Gasteiger partial charge >= 0.3 is 0 Å². The molecule has 3 rings (SSSR count). The molecular weight excluding hydrogens is 278 g/mol. The van der Waals surface area contributed by atoms with E-state index in [4.69, 9.17) is 0 Å². The van der Waals surface area contributed by atoms with Gasteiger partial charge in [0.1, 0.15) is 5.82 Å². The van der Waals surface area contributed by atoms with E-state index in [9.17, 15) is 4.79 Å². The molecular formula is C16H23N5O. The highest BCUT2D eigenvalue weighted by Crippen LogP contribution is 2.22. The Labute approximate surface area is 130 Å². The summed E-state index contributed by atoms with van der Waals surface area (Å²) in [6, 6.07) is 0. The Kier molecular flexibility index (Phi) is 4.27. The van der Waals surface area contributed by atoms with Crippen LogP contribution in [0.15, 0.2) is 24.8 Å². The highest BCUT2D eigenvalue weighted by Gasteiger charge is 2.24. The Balaban J connectivity index is 1.48. The van der Waals surface area contributed by atoms with Crippen molar-refractivity contribution in [1.29, 1.82) is 0 Å². The van der Waals surface area contributed by atoms with Gasteiger partial charge in [0, 0.05) is 45.3 Å². The SMILES string of the molecule is Cc1nccn1CCC1CCN(C(=O)c2cnn(C)c2)CC1. The number of nitrogens with zero attached hydrogens (tertiary/aromatic N) is 5. The average molecular weight is 301 g/mol. The third kappa shape index (κ3) is 3.21. The summed E-state index contributed by atoms with van der Waals surface area (Å²) in [5, 5.41) is 4.07. The zero-order chi connectivity index (χ0) is 15.5. The molecule has 1 aliphatic rings. The molecule has 1 saturated heterocycles. The van der Waals surface area contributed by atoms with E-state index in [0.717, 1.165) is 44.7 Å². The van der Waals surface area contributed by atoms with Gasteiger partial charge in [-0.25, -0.2) is 4.98 Å². The monoisotopic (exact) mass is 301 g/mol. The van der Waals surface area contributed by atoms with Crippen LogP contribution >= 0.6 is 0 Å². The molecule has 6 nitrogen and oxygen atoms in total. The van der Waals surface area contributed by atoms with Crippen molar-refractivity contribution >= 4 is 5.91 Å². The van der Waals surface area contributed by atoms with Gasteiger partial charge in [0.05, 0.1) is 11.8 Å². The summed E-state index contributed by atoms with van der Waals surface area (Å²) >= 11 is 0. The molecule has 118 valence electrons. The van der Waals surface area contributed by atoms with E-state index in [1.807, 2.05) is 31.3 Å². The number of carbonyl (C=O) groups is 1. The summed E-state index contributed by atoms with van der Waals surface area (Å²) in [5.41, 5.74) is 0.690. The summed E-state index contributed by atoms with van der Waals surface area (Å²) in [7, 11) is 1.83. The highest BCUT2D eigenvalue weighted by molar-refractivity contribution is 5.93. The van der Waals surface area contributed by atoms with Crippen molar-refractivity contribution in [2.75, 3.05) is 13.1 Å². The molecule has 22 heavy (non-hydrogen) atoms. The normalized spacial score (nSPS) is 16.2. The molecule has 6 heteroatoms. The minimum absolute atomic E-state index is 0.108. The first-order valence-corrected chi connectivity index (χ1v) is 7.89. The number of rotatable bonds is 4. The minimum atomic E-state index is 0.108. The number of hydrogen-bond acceptors (Lipinski definition) is 3. The van der Waals surface area contributed by atoms with E-state index < -0.39 is 0 Å². The molecule has 1 aliphatic heterocycles. The first-order valence-electron chi connectivity index (χ1n) is 7.89. The van der Waals surface area contributed by atoms with Gasteiger partial charge < -0.3 is 9.47 Å². The molecule has 2 aromatic rings. The second-order valence-electron chi connectivity index (χ2n) is 6.09. The van der Waals surface area contributed by atoms with Crippen LogP contribution in [0.4, 0.5) is 0 Å². The van der Waals surface area contributed by atoms with Crippen molar-refractivity contribution in [3.8, 4) is 0 Å². The van der Waals surface area contributed by atoms with Gasteiger partial charge in [0.25, 0.3) is 5.91 Å². The summed E-state index contributed by atoms with van der Waals surface area (Å²) in [4.78, 5) is 18.6. The molecule has 3 heterocycles. The van der Waals surface area contributed by atoms with Crippen LogP contribution in [0.1, 0.15) is 35.4 Å². The van der Waals surface area contributed by atoms with E-state index in [1.54, 1.807) is 17.1 Å². The Morgan fingerprint density at radius 2 is 2.14 bits per heavy atom. The van der Waals surface area contributed by atoms with Gasteiger partial charge in [-0.2, -0.15) is 5.10 Å². The van der Waals surface area contributed by atoms with E-state index in [2.05, 4.69) is 14.6 Å². The highest BCUT2D eigenvalue weighted by atomic mass is 16.2. The maximum atomic E-state index is 12.4. The first kappa shape index (κ1) is 14.8. The molecule has 0 atom stereocenters. The van der Waals surface area contributed by atoms with Gasteiger partial charge in [0.2, 0.25) is 0 Å². The molecule has 0 aliphatic carbocycles. The molecule has 0 aromatic carbocycles. The van der Waals surface area contributed by atoms with E-state index in [1.165, 1.54) is 0 Å². The summed E-state index contributed by atoms with van der Waals surface area (Å²) < 4.78 is 3.88. The third-order valence-electron chi connectivity index (χ3n) is 4.56. The Morgan fingerprint density at radius 3 is 2.73 bits per heavy atom. The van der Waals surface area contributed by atoms with E-state index in [-0.39, 0.29) is 5.91 Å². The lowest BCUT2D eigenvalue weighted by Crippen LogP contribution is -2.38. The van der Waals surface area contributed by atoms with Gasteiger partial charge in [-0.3, -0.25) is 9.48 Å². The number of carbonyl (C=O) groups excluding carboxylic acids is 1. The molecule has 1 amide bonds. The van der Waals surface area contributed by atoms with Crippen molar-refractivity contribution in [3.05, 3.63) is 36.2 Å². The number of imidazole rings is 1. The number of piperidine rings is 1. The second-order valence-corrected chi connectivity index (χ2v) is 6.09. The van der Waals surface area contributed by atoms with Crippen molar-refractivity contribution < 1.29 is 4.79 Å². The molecule has 0 radical (unpaired) electrons. The van der Waals surface area contributed by atoms with Crippen LogP contribution in [0.2, 0.25) is 0 Å². The van der Waals surface area contributed by atoms with Crippen LogP contribution in [0, 0.1) is 12.8 Å². The topological polar surface area (TPSA) is 56.0 Å². The van der Waals surface area contributed by atoms with E-state index in [0.29, 0.717) is 11.5 Å². The number of aryl methyl sites for hydroxylation is 3. The zero-order valence-electron chi connectivity index (χ0n) is 13.3. The summed E-state index contributed by atoms with van der Waals surface area (Å²) in [6.45, 7) is 4.75. The van der Waals surface area contributed by atoms with Crippen LogP contribution in [0.3, 0.4) is 0 Å². The van der Waals surface area contributed by atoms with Gasteiger partial charge in [-0.05, 0) is 32.1 Å². The molecule has 0 saturated carbocycles. The van der Waals surface area contributed by atoms with Crippen LogP contribution < -0.4 is 0 Å². The number of aromatic nitrogens is 4. The van der Waals surface area contributed by atoms with Crippen molar-refractivity contribution in [3.63, 3.8) is 0 Å². The maximum Gasteiger partial charge on any atom is 0.257 e. The van der Waals surface area contributed by atoms with Crippen LogP contribution in [-0.2, 0) is 13.6 Å². The number of hydrogen-bond donors (Lipinski definition) is 0. The standard InChI is InChI=1S/C16H23N5O/c1-13-17-6-10-20(13)7-3-14-4-8-21(9-5-14)16(22)15-11-18-19(2)12-15/h6,10-12,14H,3-5,7-9H2,1-2H3. The molecule has 2 aromatic heterocycles. The Bertz CT molecular complexity index is 637. The zero-order valence-corrected chi connectivity index (χ0v) is 13.3. The number of amides is 1. The summed E-state index contributed by atoms with van der Waals surface area (Å²) in [6.07, 6.45) is 10.7. The van der Waals surface area contributed by atoms with Crippen LogP contribution in [-0.4, -0.2) is 43.2 Å². The second kappa shape index (κ2) is 6.34. The maximum absolute atomic E-state index is 12.4. The van der Waals surface area contributed by atoms with Gasteiger partial charge in [-0.1, -0.05) is 0 Å². The van der Waals surface area contributed by atoms with Crippen LogP contribution in [0.5, 0.6) is 0 Å². The number of likely N-dealkylation sites (tertiary alicyclic amines) is 1. The molecule has 0 spiro atoms. The van der Waals surface area contributed by atoms with Crippen molar-refractivity contribution in [1.82, 2.24) is 24.2 Å². The van der Waals surface area contributed by atoms with Crippen LogP contribution in [0.25, 0.3) is 0 Å². The fraction of sp³-hybridized carbons (Fsp3) is 0.562. The lowest BCUT2D eigenvalue weighted by molar-refractivity contribution is 0.0685. The molecule has 1 fully saturated rings. The smallest absolute Gasteiger partial charge is 0.257 e. The van der Waals surface area contributed by atoms with Crippen molar-refractivity contribution in [2.24, 2.45) is 13.0 Å². The molecule has 0 bridgehead atoms. The lowest BCUT2D eigenvalue weighted by Gasteiger charge is -2.32.